The Kier molecular flexibility index (Phi) is 17.3. The summed E-state index contributed by atoms with van der Waals surface area (Å²) in [7, 11) is 3.65. The highest BCUT2D eigenvalue weighted by molar-refractivity contribution is 5.85. The molecule has 14 atom stereocenters. The van der Waals surface area contributed by atoms with Gasteiger partial charge in [0, 0.05) is 54.1 Å². The van der Waals surface area contributed by atoms with E-state index in [0.29, 0.717) is 17.8 Å². The van der Waals surface area contributed by atoms with Crippen LogP contribution >= 0.6 is 0 Å². The van der Waals surface area contributed by atoms with Gasteiger partial charge in [0.2, 0.25) is 0 Å². The smallest absolute Gasteiger partial charge is 0.461 e. The van der Waals surface area contributed by atoms with Gasteiger partial charge in [-0.1, -0.05) is 64.1 Å². The highest BCUT2D eigenvalue weighted by atomic mass is 16.8. The highest BCUT2D eigenvalue weighted by Crippen LogP contribution is 2.42. The number of aliphatic hydroxyl groups excluding tert-OH is 1. The van der Waals surface area contributed by atoms with Crippen LogP contribution < -0.4 is 5.32 Å². The maximum Gasteiger partial charge on any atom is 0.509 e. The first kappa shape index (κ1) is 52.5. The molecule has 1 amide bonds. The minimum atomic E-state index is -1.84. The molecule has 2 N–H and O–H groups in total. The second-order valence-electron chi connectivity index (χ2n) is 19.2. The van der Waals surface area contributed by atoms with Gasteiger partial charge in [0.1, 0.15) is 42.4 Å². The van der Waals surface area contributed by atoms with E-state index in [9.17, 15) is 29.1 Å². The van der Waals surface area contributed by atoms with E-state index >= 15 is 0 Å². The van der Waals surface area contributed by atoms with Crippen molar-refractivity contribution in [2.75, 3.05) is 20.7 Å². The monoisotopic (exact) mass is 957 g/mol. The fraction of sp³-hybridized carbons (Fsp3) is 0.569. The molecule has 0 spiro atoms. The fourth-order valence-corrected chi connectivity index (χ4v) is 10.0. The third-order valence-corrected chi connectivity index (χ3v) is 13.6. The first-order valence-corrected chi connectivity index (χ1v) is 23.6. The molecule has 374 valence electrons. The lowest BCUT2D eigenvalue weighted by molar-refractivity contribution is -0.300. The average Bonchev–Trinajstić information content (AvgIpc) is 3.64. The number of pyridine rings is 1. The van der Waals surface area contributed by atoms with Gasteiger partial charge in [0.25, 0.3) is 0 Å². The molecule has 6 rings (SSSR count). The lowest BCUT2D eigenvalue weighted by atomic mass is 9.73. The zero-order valence-corrected chi connectivity index (χ0v) is 41.1. The second kappa shape index (κ2) is 22.7. The van der Waals surface area contributed by atoms with Gasteiger partial charge in [-0.05, 0) is 90.4 Å². The number of esters is 2. The van der Waals surface area contributed by atoms with Crippen LogP contribution in [0.1, 0.15) is 85.8 Å². The van der Waals surface area contributed by atoms with Crippen LogP contribution in [0.4, 0.5) is 9.59 Å². The topological polar surface area (TPSA) is 224 Å². The van der Waals surface area contributed by atoms with Crippen LogP contribution in [0.3, 0.4) is 0 Å². The minimum absolute atomic E-state index is 0.199. The molecule has 69 heavy (non-hydrogen) atoms. The largest absolute Gasteiger partial charge is 0.509 e. The van der Waals surface area contributed by atoms with Crippen LogP contribution in [0.5, 0.6) is 0 Å². The van der Waals surface area contributed by atoms with Crippen LogP contribution in [-0.2, 0) is 54.0 Å². The Morgan fingerprint density at radius 2 is 1.68 bits per heavy atom. The van der Waals surface area contributed by atoms with Crippen LogP contribution in [0.15, 0.2) is 73.3 Å². The molecule has 3 saturated heterocycles. The molecule has 1 aromatic carbocycles. The summed E-state index contributed by atoms with van der Waals surface area (Å²) in [6, 6.07) is 11.2. The van der Waals surface area contributed by atoms with Crippen LogP contribution in [-0.4, -0.2) is 136 Å². The molecule has 3 aromatic rings. The number of ketones is 1. The Balaban J connectivity index is 1.40. The highest BCUT2D eigenvalue weighted by Gasteiger charge is 2.58. The van der Waals surface area contributed by atoms with Gasteiger partial charge in [0.15, 0.2) is 17.7 Å². The molecule has 2 aromatic heterocycles. The maximum atomic E-state index is 14.7. The summed E-state index contributed by atoms with van der Waals surface area (Å²) in [6.45, 7) is 13.1. The van der Waals surface area contributed by atoms with E-state index in [0.717, 1.165) is 11.1 Å². The number of benzene rings is 1. The molecule has 0 bridgehead atoms. The van der Waals surface area contributed by atoms with Crippen molar-refractivity contribution in [3.8, 4) is 11.4 Å². The number of nitrogens with one attached hydrogen (secondary N) is 1. The van der Waals surface area contributed by atoms with Crippen molar-refractivity contribution in [3.05, 3.63) is 84.5 Å². The van der Waals surface area contributed by atoms with Gasteiger partial charge in [-0.15, -0.1) is 0 Å². The lowest BCUT2D eigenvalue weighted by Gasteiger charge is -2.48. The number of alkyl carbamates (subject to hydrolysis) is 1. The molecule has 3 aliphatic rings. The number of amides is 1. The first-order valence-electron chi connectivity index (χ1n) is 23.6. The van der Waals surface area contributed by atoms with Crippen molar-refractivity contribution in [2.24, 2.45) is 23.7 Å². The number of likely N-dealkylation sites (N-methyl/N-ethyl adjacent to an activating group) is 1. The summed E-state index contributed by atoms with van der Waals surface area (Å²) in [6.07, 6.45) is 1.44. The Morgan fingerprint density at radius 1 is 0.971 bits per heavy atom. The Labute approximate surface area is 403 Å². The number of carbonyl (C=O) groups is 5. The van der Waals surface area contributed by atoms with Crippen molar-refractivity contribution >= 4 is 36.0 Å². The zero-order valence-electron chi connectivity index (χ0n) is 41.1. The summed E-state index contributed by atoms with van der Waals surface area (Å²) in [5.74, 6) is -5.34. The molecule has 5 heterocycles. The summed E-state index contributed by atoms with van der Waals surface area (Å²) in [5, 5.41) is 14.6. The van der Waals surface area contributed by atoms with Crippen molar-refractivity contribution in [3.63, 3.8) is 0 Å². The maximum absolute atomic E-state index is 14.7. The van der Waals surface area contributed by atoms with Crippen molar-refractivity contribution in [1.82, 2.24) is 25.2 Å². The van der Waals surface area contributed by atoms with E-state index in [1.807, 2.05) is 50.2 Å². The van der Waals surface area contributed by atoms with Gasteiger partial charge < -0.3 is 48.5 Å². The van der Waals surface area contributed by atoms with E-state index in [1.165, 1.54) is 6.20 Å². The van der Waals surface area contributed by atoms with E-state index in [1.54, 1.807) is 97.4 Å². The molecule has 0 aliphatic carbocycles. The number of nitrogens with zero attached hydrogens (tertiary/aromatic N) is 4. The molecule has 0 unspecified atom stereocenters. The number of hydrogen-bond donors (Lipinski definition) is 2. The van der Waals surface area contributed by atoms with Gasteiger partial charge in [0.05, 0.1) is 24.5 Å². The number of cyclic esters (lactones) is 1. The SMILES string of the molecule is CC[C@H]1OC(=O)[C@H](C)[C@@H](OC(=O)Cc2cccnc2)[C@H](C)[C@@H](O[C@@H]2O[C@H](C)C[C@H](N(C)C)[C@H]2O)[C@](C)(OC(=O)OCC=Cc2ccc(-c3ncccn3)cc2)C[C@@H](C)C(=O)[C@H](C)[C@H]2NC(=O)O[C@@]21C. The molecule has 3 fully saturated rings. The van der Waals surface area contributed by atoms with E-state index < -0.39 is 108 Å². The van der Waals surface area contributed by atoms with Gasteiger partial charge in [-0.3, -0.25) is 19.4 Å². The minimum Gasteiger partial charge on any atom is -0.461 e. The van der Waals surface area contributed by atoms with E-state index in [2.05, 4.69) is 20.3 Å². The predicted octanol–water partition coefficient (Wildman–Crippen LogP) is 6.14. The van der Waals surface area contributed by atoms with Crippen molar-refractivity contribution < 1.29 is 62.2 Å². The second-order valence-corrected chi connectivity index (χ2v) is 19.2. The van der Waals surface area contributed by atoms with Crippen LogP contribution in [0.25, 0.3) is 17.5 Å². The van der Waals surface area contributed by atoms with E-state index in [-0.39, 0.29) is 31.7 Å². The molecule has 0 radical (unpaired) electrons. The molecular weight excluding hydrogens is 891 g/mol. The normalized spacial score (nSPS) is 33.4. The average molecular weight is 958 g/mol. The quantitative estimate of drug-likeness (QED) is 0.154. The third-order valence-electron chi connectivity index (χ3n) is 13.6. The van der Waals surface area contributed by atoms with Gasteiger partial charge in [-0.2, -0.15) is 0 Å². The first-order chi connectivity index (χ1) is 32.7. The molecule has 18 heteroatoms. The number of Topliss-reactive ketones (excluding diaryl/α,β-unsaturated/α-hetero) is 1. The number of aliphatic hydroxyl groups is 1. The number of hydrogen-bond acceptors (Lipinski definition) is 17. The molecule has 0 saturated carbocycles. The van der Waals surface area contributed by atoms with Crippen LogP contribution in [0, 0.1) is 23.7 Å². The Morgan fingerprint density at radius 3 is 2.33 bits per heavy atom. The van der Waals surface area contributed by atoms with Crippen LogP contribution in [0.2, 0.25) is 0 Å². The summed E-state index contributed by atoms with van der Waals surface area (Å²) in [5.41, 5.74) is -1.15. The zero-order chi connectivity index (χ0) is 50.2. The van der Waals surface area contributed by atoms with E-state index in [4.69, 9.17) is 33.2 Å². The third kappa shape index (κ3) is 12.5. The molecular formula is C51H67N5O13. The number of rotatable bonds is 12. The molecule has 3 aliphatic heterocycles. The number of ether oxygens (including phenoxy) is 7. The standard InChI is InChI=1S/C51H67N5O13/c1-11-38-51(8)43(55-48(61)68-51)31(4)40(58)29(2)27-50(7,69-49(62)63-24-13-16-34-17-19-36(20-18-34)45-53-22-14-23-54-45)44(67-47-41(59)37(56(9)10)25-30(3)64-47)32(5)42(33(6)46(60)65-38)66-39(57)26-35-15-12-21-52-28-35/h12-23,28-33,37-38,41-44,47,59H,11,24-27H2,1-10H3,(H,55,61)/t29-,30-,31+,32+,33-,37+,38-,41-,42+,43-,44-,47+,50-,51-/m1/s1. The Hall–Kier alpha value is -5.82. The summed E-state index contributed by atoms with van der Waals surface area (Å²) >= 11 is 0. The summed E-state index contributed by atoms with van der Waals surface area (Å²) < 4.78 is 43.5. The Bertz CT molecular complexity index is 2270. The van der Waals surface area contributed by atoms with Crippen molar-refractivity contribution in [1.29, 1.82) is 0 Å². The number of aromatic nitrogens is 3. The van der Waals surface area contributed by atoms with Gasteiger partial charge >= 0.3 is 24.2 Å². The fourth-order valence-electron chi connectivity index (χ4n) is 10.0. The predicted molar refractivity (Wildman–Crippen MR) is 251 cm³/mol. The van der Waals surface area contributed by atoms with Gasteiger partial charge in [-0.25, -0.2) is 19.6 Å². The summed E-state index contributed by atoms with van der Waals surface area (Å²) in [4.78, 5) is 84.9. The number of carbonyl (C=O) groups excluding carboxylic acids is 5. The lowest BCUT2D eigenvalue weighted by Crippen LogP contribution is -2.61. The number of fused-ring (bicyclic) bond motifs is 1. The molecule has 18 nitrogen and oxygen atoms in total. The van der Waals surface area contributed by atoms with Crippen molar-refractivity contribution in [2.45, 2.75) is 141 Å².